The Morgan fingerprint density at radius 1 is 0.864 bits per heavy atom. The van der Waals surface area contributed by atoms with Gasteiger partial charge in [0.25, 0.3) is 0 Å². The molecule has 2 aliphatic carbocycles. The molecule has 1 aromatic carbocycles. The maximum atomic E-state index is 5.56. The number of hydrogen-bond donors (Lipinski definition) is 0. The van der Waals surface area contributed by atoms with Crippen molar-refractivity contribution in [3.05, 3.63) is 65.6 Å². The zero-order chi connectivity index (χ0) is 16.2. The first-order chi connectivity index (χ1) is 10.9. The monoisotopic (exact) mass is 294 g/mol. The molecule has 0 saturated heterocycles. The molecule has 2 aromatic rings. The Bertz CT molecular complexity index is 665. The first kappa shape index (κ1) is 17.8. The molecule has 0 unspecified atom stereocenters. The molecule has 1 heteroatoms. The Balaban J connectivity index is 0.000000206. The number of para-hydroxylation sites is 1. The molecule has 0 bridgehead atoms. The van der Waals surface area contributed by atoms with Crippen molar-refractivity contribution in [2.45, 2.75) is 40.5 Å². The average molecular weight is 294 g/mol. The van der Waals surface area contributed by atoms with Crippen LogP contribution in [0.15, 0.2) is 58.7 Å². The highest BCUT2D eigenvalue weighted by molar-refractivity contribution is 5.93. The molecular formula is C21H26O. The maximum absolute atomic E-state index is 5.56. The van der Waals surface area contributed by atoms with Crippen LogP contribution >= 0.6 is 0 Å². The Labute approximate surface area is 134 Å². The van der Waals surface area contributed by atoms with E-state index in [1.165, 1.54) is 18.2 Å². The molecule has 1 aromatic heterocycles. The second kappa shape index (κ2) is 10.5. The van der Waals surface area contributed by atoms with Gasteiger partial charge in [0, 0.05) is 17.0 Å². The van der Waals surface area contributed by atoms with E-state index >= 15 is 0 Å². The SMILES string of the molecule is C1=CCCC=C1.C1=Cc2oc3ccccc3c2C=1.CC.CC. The molecule has 22 heavy (non-hydrogen) atoms. The van der Waals surface area contributed by atoms with Gasteiger partial charge in [0.2, 0.25) is 0 Å². The third-order valence-electron chi connectivity index (χ3n) is 2.99. The third kappa shape index (κ3) is 4.65. The highest BCUT2D eigenvalue weighted by Gasteiger charge is 2.10. The largest absolute Gasteiger partial charge is 0.455 e. The van der Waals surface area contributed by atoms with Crippen LogP contribution < -0.4 is 0 Å². The summed E-state index contributed by atoms with van der Waals surface area (Å²) in [5.41, 5.74) is 5.13. The van der Waals surface area contributed by atoms with Crippen LogP contribution in [0, 0.1) is 0 Å². The van der Waals surface area contributed by atoms with E-state index in [9.17, 15) is 0 Å². The summed E-state index contributed by atoms with van der Waals surface area (Å²) in [6.45, 7) is 8.00. The van der Waals surface area contributed by atoms with Crippen molar-refractivity contribution in [3.63, 3.8) is 0 Å². The lowest BCUT2D eigenvalue weighted by atomic mass is 10.1. The van der Waals surface area contributed by atoms with Gasteiger partial charge >= 0.3 is 0 Å². The summed E-state index contributed by atoms with van der Waals surface area (Å²) in [5.74, 6) is 0.927. The fraction of sp³-hybridized carbons (Fsp3) is 0.286. The minimum Gasteiger partial charge on any atom is -0.455 e. The molecule has 0 spiro atoms. The fourth-order valence-corrected chi connectivity index (χ4v) is 2.08. The molecule has 2 aliphatic rings. The van der Waals surface area contributed by atoms with Crippen LogP contribution in [-0.2, 0) is 0 Å². The van der Waals surface area contributed by atoms with Crippen molar-refractivity contribution in [2.75, 3.05) is 0 Å². The van der Waals surface area contributed by atoms with Gasteiger partial charge < -0.3 is 4.42 Å². The molecule has 1 nitrogen and oxygen atoms in total. The summed E-state index contributed by atoms with van der Waals surface area (Å²) in [7, 11) is 0. The van der Waals surface area contributed by atoms with Crippen molar-refractivity contribution in [2.24, 2.45) is 0 Å². The van der Waals surface area contributed by atoms with Crippen molar-refractivity contribution in [3.8, 4) is 0 Å². The fourth-order valence-electron chi connectivity index (χ4n) is 2.08. The van der Waals surface area contributed by atoms with Gasteiger partial charge in [0.05, 0.1) is 0 Å². The minimum absolute atomic E-state index is 0.927. The lowest BCUT2D eigenvalue weighted by Crippen LogP contribution is -1.67. The molecule has 0 radical (unpaired) electrons. The first-order valence-electron chi connectivity index (χ1n) is 8.21. The summed E-state index contributed by atoms with van der Waals surface area (Å²) in [6.07, 6.45) is 14.8. The molecule has 0 amide bonds. The number of rotatable bonds is 0. The predicted molar refractivity (Wildman–Crippen MR) is 98.9 cm³/mol. The molecule has 0 N–H and O–H groups in total. The highest BCUT2D eigenvalue weighted by Crippen LogP contribution is 2.29. The Kier molecular flexibility index (Phi) is 8.49. The van der Waals surface area contributed by atoms with E-state index in [2.05, 4.69) is 36.1 Å². The van der Waals surface area contributed by atoms with Gasteiger partial charge in [-0.25, -0.2) is 0 Å². The van der Waals surface area contributed by atoms with Gasteiger partial charge in [-0.15, -0.1) is 5.73 Å². The third-order valence-corrected chi connectivity index (χ3v) is 2.99. The number of furan rings is 1. The van der Waals surface area contributed by atoms with E-state index in [0.29, 0.717) is 0 Å². The Morgan fingerprint density at radius 2 is 1.50 bits per heavy atom. The molecule has 116 valence electrons. The second-order valence-corrected chi connectivity index (χ2v) is 4.27. The second-order valence-electron chi connectivity index (χ2n) is 4.27. The van der Waals surface area contributed by atoms with Crippen LogP contribution in [0.3, 0.4) is 0 Å². The zero-order valence-electron chi connectivity index (χ0n) is 14.1. The summed E-state index contributed by atoms with van der Waals surface area (Å²) in [4.78, 5) is 0. The summed E-state index contributed by atoms with van der Waals surface area (Å²) in [5, 5.41) is 1.17. The molecule has 0 atom stereocenters. The highest BCUT2D eigenvalue weighted by atomic mass is 16.3. The number of hydrogen-bond acceptors (Lipinski definition) is 1. The topological polar surface area (TPSA) is 13.1 Å². The standard InChI is InChI=1S/C11H6O.C6H8.2C2H6/c1-2-6-10-8(4-1)9-5-3-7-11(9)12-10;1-2-4-6-5-3-1;2*1-2/h1-2,4-7H;1-4H,5-6H2;2*1-2H3. The Morgan fingerprint density at radius 3 is 2.09 bits per heavy atom. The van der Waals surface area contributed by atoms with E-state index in [-0.39, 0.29) is 0 Å². The van der Waals surface area contributed by atoms with Crippen LogP contribution in [0.1, 0.15) is 51.9 Å². The van der Waals surface area contributed by atoms with Gasteiger partial charge in [-0.2, -0.15) is 0 Å². The van der Waals surface area contributed by atoms with Gasteiger partial charge in [-0.05, 0) is 25.0 Å². The quantitative estimate of drug-likeness (QED) is 0.406. The van der Waals surface area contributed by atoms with Crippen LogP contribution in [0.5, 0.6) is 0 Å². The normalized spacial score (nSPS) is 12.5. The number of allylic oxidation sites excluding steroid dienone is 4. The van der Waals surface area contributed by atoms with E-state index in [4.69, 9.17) is 4.42 Å². The Hall–Kier alpha value is -2.24. The average Bonchev–Trinajstić information content (AvgIpc) is 3.22. The molecule has 1 heterocycles. The van der Waals surface area contributed by atoms with E-state index < -0.39 is 0 Å². The maximum Gasteiger partial charge on any atom is 0.143 e. The predicted octanol–water partition coefficient (Wildman–Crippen LogP) is 7.02. The molecule has 0 saturated carbocycles. The van der Waals surface area contributed by atoms with E-state index in [1.54, 1.807) is 0 Å². The summed E-state index contributed by atoms with van der Waals surface area (Å²) >= 11 is 0. The van der Waals surface area contributed by atoms with Crippen molar-refractivity contribution in [1.82, 2.24) is 0 Å². The number of fused-ring (bicyclic) bond motifs is 3. The smallest absolute Gasteiger partial charge is 0.143 e. The molecule has 0 aliphatic heterocycles. The molecule has 4 rings (SSSR count). The van der Waals surface area contributed by atoms with Crippen LogP contribution in [0.4, 0.5) is 0 Å². The minimum atomic E-state index is 0.927. The molecular weight excluding hydrogens is 268 g/mol. The van der Waals surface area contributed by atoms with Crippen molar-refractivity contribution < 1.29 is 4.42 Å². The van der Waals surface area contributed by atoms with E-state index in [0.717, 1.165) is 16.9 Å². The van der Waals surface area contributed by atoms with Crippen LogP contribution in [0.2, 0.25) is 0 Å². The van der Waals surface area contributed by atoms with Gasteiger partial charge in [-0.3, -0.25) is 0 Å². The van der Waals surface area contributed by atoms with Crippen molar-refractivity contribution in [1.29, 1.82) is 0 Å². The van der Waals surface area contributed by atoms with Crippen LogP contribution in [-0.4, -0.2) is 0 Å². The van der Waals surface area contributed by atoms with Crippen LogP contribution in [0.25, 0.3) is 23.1 Å². The van der Waals surface area contributed by atoms with Crippen molar-refractivity contribution >= 4 is 23.1 Å². The summed E-state index contributed by atoms with van der Waals surface area (Å²) < 4.78 is 5.56. The lowest BCUT2D eigenvalue weighted by Gasteiger charge is -1.88. The molecule has 0 fully saturated rings. The van der Waals surface area contributed by atoms with E-state index in [1.807, 2.05) is 58.0 Å². The van der Waals surface area contributed by atoms with Gasteiger partial charge in [-0.1, -0.05) is 70.2 Å². The van der Waals surface area contributed by atoms with Gasteiger partial charge in [0.1, 0.15) is 11.3 Å². The summed E-state index contributed by atoms with van der Waals surface area (Å²) in [6, 6.07) is 8.04. The lowest BCUT2D eigenvalue weighted by molar-refractivity contribution is 0.604. The first-order valence-corrected chi connectivity index (χ1v) is 8.21. The zero-order valence-corrected chi connectivity index (χ0v) is 14.1. The number of benzene rings is 1. The van der Waals surface area contributed by atoms with Gasteiger partial charge in [0.15, 0.2) is 0 Å².